The number of nitrogens with zero attached hydrogens (tertiary/aromatic N) is 10. The number of anilines is 1. The predicted molar refractivity (Wildman–Crippen MR) is 347 cm³/mol. The molecule has 84 heavy (non-hydrogen) atoms. The molecule has 0 spiro atoms. The average molecular weight is 1130 g/mol. The number of aromatic nitrogens is 7. The maximum atomic E-state index is 12.1. The van der Waals surface area contributed by atoms with Crippen molar-refractivity contribution in [1.29, 1.82) is 0 Å². The molecule has 0 aliphatic carbocycles. The van der Waals surface area contributed by atoms with Gasteiger partial charge in [0.15, 0.2) is 5.52 Å². The average Bonchev–Trinajstić information content (AvgIpc) is 3.59. The van der Waals surface area contributed by atoms with E-state index in [1.165, 1.54) is 35.3 Å². The van der Waals surface area contributed by atoms with E-state index in [4.69, 9.17) is 0 Å². The SMILES string of the molecule is CC(C)(C)N1CCc2ccccc21.CC(C)(C)N1Cc2ccccc2C1.CC(C)(C)N1Cc2ccccc2C1=O.CC(C)(C)c1ncnc2ccccc12.CC(C)(C)n1cnc2ccccc2c1=O.CC(C)(C)n1cnc2cccnc2c1=O. The van der Waals surface area contributed by atoms with Gasteiger partial charge in [0, 0.05) is 82.1 Å². The van der Waals surface area contributed by atoms with Gasteiger partial charge >= 0.3 is 0 Å². The van der Waals surface area contributed by atoms with Crippen molar-refractivity contribution in [2.45, 2.75) is 184 Å². The summed E-state index contributed by atoms with van der Waals surface area (Å²) in [4.78, 5) is 64.2. The van der Waals surface area contributed by atoms with Crippen LogP contribution in [0.3, 0.4) is 0 Å². The lowest BCUT2D eigenvalue weighted by molar-refractivity contribution is 0.0609. The van der Waals surface area contributed by atoms with E-state index in [1.807, 2.05) is 113 Å². The standard InChI is InChI=1S/C12H14N2O.C12H14N2.C12H15NO.2C12H17N.C11H13N3O/c1-12(2,3)14-8-13-10-7-5-4-6-9(10)11(14)15;1-12(2,3)11-9-6-4-5-7-10(9)13-8-14-11;1-12(2,3)13-8-9-6-4-5-7-10(9)11(13)14;1-12(2,3)13-8-10-6-4-5-7-11(10)9-13;1-12(2,3)13-9-8-10-6-4-5-7-11(10)13;1-11(2,3)14-7-13-8-5-4-6-12-9(8)10(14)15/h4-8H,1-3H3;4-8H,1-3H3;4-7H,8H2,1-3H3;2*4-7H,8-9H2,1-3H3;4-7H,1-3H3. The highest BCUT2D eigenvalue weighted by atomic mass is 16.2. The number of carbonyl (C=O) groups is 1. The summed E-state index contributed by atoms with van der Waals surface area (Å²) in [7, 11) is 0. The Morgan fingerprint density at radius 1 is 0.393 bits per heavy atom. The van der Waals surface area contributed by atoms with Crippen molar-refractivity contribution in [2.24, 2.45) is 0 Å². The van der Waals surface area contributed by atoms with Gasteiger partial charge in [0.2, 0.25) is 0 Å². The normalized spacial score (nSPS) is 14.1. The zero-order valence-corrected chi connectivity index (χ0v) is 53.2. The molecular weight excluding hydrogens is 1040 g/mol. The fraction of sp³-hybridized carbons (Fsp3) is 0.408. The fourth-order valence-corrected chi connectivity index (χ4v) is 10.2. The number of hydrogen-bond acceptors (Lipinski definition) is 10. The number of amides is 1. The van der Waals surface area contributed by atoms with E-state index in [1.54, 1.807) is 46.4 Å². The largest absolute Gasteiger partial charge is 0.366 e. The van der Waals surface area contributed by atoms with Crippen LogP contribution in [0.2, 0.25) is 0 Å². The van der Waals surface area contributed by atoms with Gasteiger partial charge < -0.3 is 9.80 Å². The van der Waals surface area contributed by atoms with Gasteiger partial charge in [-0.1, -0.05) is 112 Å². The molecule has 0 bridgehead atoms. The first-order chi connectivity index (χ1) is 39.2. The van der Waals surface area contributed by atoms with Gasteiger partial charge in [0.25, 0.3) is 17.0 Å². The molecular formula is C71H90N10O3. The van der Waals surface area contributed by atoms with E-state index in [0.29, 0.717) is 22.0 Å². The molecule has 0 saturated heterocycles. The smallest absolute Gasteiger partial charge is 0.280 e. The second-order valence-corrected chi connectivity index (χ2v) is 27.8. The minimum absolute atomic E-state index is 0.0214. The van der Waals surface area contributed by atoms with Crippen molar-refractivity contribution in [3.8, 4) is 0 Å². The molecule has 12 rings (SSSR count). The van der Waals surface area contributed by atoms with Crippen LogP contribution in [0.15, 0.2) is 168 Å². The molecule has 0 radical (unpaired) electrons. The van der Waals surface area contributed by atoms with E-state index in [0.717, 1.165) is 52.9 Å². The molecule has 442 valence electrons. The Labute approximate surface area is 498 Å². The Morgan fingerprint density at radius 2 is 0.869 bits per heavy atom. The number of carbonyl (C=O) groups excluding carboxylic acids is 1. The molecule has 13 heteroatoms. The second kappa shape index (κ2) is 25.5. The first kappa shape index (κ1) is 63.7. The molecule has 5 aromatic carbocycles. The molecule has 7 heterocycles. The second-order valence-electron chi connectivity index (χ2n) is 27.8. The van der Waals surface area contributed by atoms with Gasteiger partial charge in [-0.15, -0.1) is 0 Å². The number of rotatable bonds is 0. The topological polar surface area (TPSA) is 135 Å². The summed E-state index contributed by atoms with van der Waals surface area (Å²) >= 11 is 0. The summed E-state index contributed by atoms with van der Waals surface area (Å²) in [6.07, 6.45) is 7.64. The number of pyridine rings is 1. The number of para-hydroxylation sites is 3. The summed E-state index contributed by atoms with van der Waals surface area (Å²) in [6, 6.07) is 44.4. The van der Waals surface area contributed by atoms with E-state index in [-0.39, 0.29) is 44.6 Å². The highest BCUT2D eigenvalue weighted by Gasteiger charge is 2.34. The monoisotopic (exact) mass is 1130 g/mol. The lowest BCUT2D eigenvalue weighted by atomic mass is 9.89. The van der Waals surface area contributed by atoms with Crippen LogP contribution in [-0.4, -0.2) is 72.9 Å². The molecule has 0 fully saturated rings. The summed E-state index contributed by atoms with van der Waals surface area (Å²) < 4.78 is 3.26. The number of hydrogen-bond donors (Lipinski definition) is 0. The Morgan fingerprint density at radius 3 is 1.42 bits per heavy atom. The maximum Gasteiger partial charge on any atom is 0.280 e. The summed E-state index contributed by atoms with van der Waals surface area (Å²) in [5.41, 5.74) is 11.9. The van der Waals surface area contributed by atoms with Crippen molar-refractivity contribution >= 4 is 44.4 Å². The third-order valence-corrected chi connectivity index (χ3v) is 15.0. The maximum absolute atomic E-state index is 12.1. The zero-order valence-electron chi connectivity index (χ0n) is 53.2. The number of benzene rings is 5. The van der Waals surface area contributed by atoms with Gasteiger partial charge in [0.05, 0.1) is 40.3 Å². The summed E-state index contributed by atoms with van der Waals surface area (Å²) in [5.74, 6) is 0.160. The third kappa shape index (κ3) is 15.6. The van der Waals surface area contributed by atoms with Crippen LogP contribution >= 0.6 is 0 Å². The van der Waals surface area contributed by atoms with Crippen molar-refractivity contribution in [1.82, 2.24) is 43.9 Å². The highest BCUT2D eigenvalue weighted by molar-refractivity contribution is 5.98. The molecule has 0 unspecified atom stereocenters. The van der Waals surface area contributed by atoms with Gasteiger partial charge in [0.1, 0.15) is 6.33 Å². The Kier molecular flexibility index (Phi) is 19.4. The van der Waals surface area contributed by atoms with Gasteiger partial charge in [-0.2, -0.15) is 0 Å². The van der Waals surface area contributed by atoms with Crippen molar-refractivity contribution < 1.29 is 4.79 Å². The van der Waals surface area contributed by atoms with Gasteiger partial charge in [-0.25, -0.2) is 24.9 Å². The first-order valence-electron chi connectivity index (χ1n) is 29.3. The van der Waals surface area contributed by atoms with Crippen LogP contribution in [0.25, 0.3) is 32.8 Å². The molecule has 1 amide bonds. The summed E-state index contributed by atoms with van der Waals surface area (Å²) in [5, 5.41) is 1.83. The van der Waals surface area contributed by atoms with Crippen molar-refractivity contribution in [2.75, 3.05) is 11.4 Å². The van der Waals surface area contributed by atoms with Gasteiger partial charge in [-0.3, -0.25) is 28.4 Å². The van der Waals surface area contributed by atoms with Crippen LogP contribution in [0.1, 0.15) is 163 Å². The zero-order chi connectivity index (χ0) is 61.6. The molecule has 0 atom stereocenters. The van der Waals surface area contributed by atoms with Crippen LogP contribution in [-0.2, 0) is 42.5 Å². The quantitative estimate of drug-likeness (QED) is 0.144. The highest BCUT2D eigenvalue weighted by Crippen LogP contribution is 2.34. The summed E-state index contributed by atoms with van der Waals surface area (Å²) in [6.45, 7) is 42.4. The Hall–Kier alpha value is -7.90. The minimum atomic E-state index is -0.268. The Balaban J connectivity index is 0.000000145. The lowest BCUT2D eigenvalue weighted by Crippen LogP contribution is -2.41. The molecule has 3 aliphatic heterocycles. The predicted octanol–water partition coefficient (Wildman–Crippen LogP) is 14.7. The van der Waals surface area contributed by atoms with E-state index >= 15 is 0 Å². The van der Waals surface area contributed by atoms with Crippen molar-refractivity contribution in [3.05, 3.63) is 213 Å². The molecule has 0 saturated carbocycles. The Bertz CT molecular complexity index is 3710. The fourth-order valence-electron chi connectivity index (χ4n) is 10.2. The lowest BCUT2D eigenvalue weighted by Gasteiger charge is -2.34. The van der Waals surface area contributed by atoms with Crippen molar-refractivity contribution in [3.63, 3.8) is 0 Å². The first-order valence-corrected chi connectivity index (χ1v) is 29.3. The van der Waals surface area contributed by atoms with Crippen LogP contribution < -0.4 is 16.0 Å². The molecule has 9 aromatic rings. The van der Waals surface area contributed by atoms with Crippen LogP contribution in [0, 0.1) is 0 Å². The minimum Gasteiger partial charge on any atom is -0.366 e. The van der Waals surface area contributed by atoms with Crippen LogP contribution in [0.5, 0.6) is 0 Å². The molecule has 0 N–H and O–H groups in total. The molecule has 4 aromatic heterocycles. The van der Waals surface area contributed by atoms with Crippen LogP contribution in [0.4, 0.5) is 5.69 Å². The molecule has 3 aliphatic rings. The number of fused-ring (bicyclic) bond motifs is 6. The molecule has 13 nitrogen and oxygen atoms in total. The van der Waals surface area contributed by atoms with E-state index in [9.17, 15) is 14.4 Å². The van der Waals surface area contributed by atoms with Gasteiger partial charge in [-0.05, 0) is 175 Å². The third-order valence-electron chi connectivity index (χ3n) is 15.0. The van der Waals surface area contributed by atoms with E-state index < -0.39 is 0 Å². The van der Waals surface area contributed by atoms with E-state index in [2.05, 4.69) is 172 Å².